The van der Waals surface area contributed by atoms with Crippen LogP contribution in [-0.4, -0.2) is 28.2 Å². The minimum Gasteiger partial charge on any atom is -0.450 e. The van der Waals surface area contributed by atoms with Crippen molar-refractivity contribution in [3.05, 3.63) is 71.0 Å². The van der Waals surface area contributed by atoms with Gasteiger partial charge in [-0.3, -0.25) is 9.59 Å². The van der Waals surface area contributed by atoms with Crippen LogP contribution in [0, 0.1) is 11.7 Å². The number of hydrogen-bond donors (Lipinski definition) is 4. The van der Waals surface area contributed by atoms with Gasteiger partial charge in [0.25, 0.3) is 0 Å². The topological polar surface area (TPSA) is 130 Å². The van der Waals surface area contributed by atoms with Crippen LogP contribution in [0.15, 0.2) is 48.5 Å². The number of nitrogens with one attached hydrogen (secondary N) is 1. The van der Waals surface area contributed by atoms with Gasteiger partial charge in [-0.15, -0.1) is 0 Å². The number of carbonyl (C=O) groups is 3. The van der Waals surface area contributed by atoms with Gasteiger partial charge in [0, 0.05) is 5.92 Å². The van der Waals surface area contributed by atoms with E-state index in [-0.39, 0.29) is 17.7 Å². The number of hydrogen-bond acceptors (Lipinski definition) is 3. The van der Waals surface area contributed by atoms with Crippen LogP contribution in [0.1, 0.15) is 67.7 Å². The molecule has 2 amide bonds. The van der Waals surface area contributed by atoms with Gasteiger partial charge in [0.1, 0.15) is 11.9 Å². The average Bonchev–Trinajstić information content (AvgIpc) is 2.78. The fourth-order valence-electron chi connectivity index (χ4n) is 4.29. The molecule has 2 aromatic carbocycles. The third-order valence-electron chi connectivity index (χ3n) is 5.82. The van der Waals surface area contributed by atoms with E-state index in [9.17, 15) is 14.0 Å². The Morgan fingerprint density at radius 3 is 2.15 bits per heavy atom. The predicted molar refractivity (Wildman–Crippen MR) is 122 cm³/mol. The molecular formula is C25H31FN2O5. The van der Waals surface area contributed by atoms with Crippen LogP contribution in [0.4, 0.5) is 9.18 Å². The summed E-state index contributed by atoms with van der Waals surface area (Å²) in [6, 6.07) is 13.1. The fraction of sp³-hybridized carbons (Fsp3) is 0.400. The molecule has 1 aliphatic carbocycles. The number of halogens is 1. The van der Waals surface area contributed by atoms with Crippen LogP contribution in [0.5, 0.6) is 0 Å². The van der Waals surface area contributed by atoms with Crippen molar-refractivity contribution in [2.75, 3.05) is 0 Å². The van der Waals surface area contributed by atoms with Crippen LogP contribution in [0.3, 0.4) is 0 Å². The number of nitrogens with two attached hydrogens (primary N) is 1. The minimum atomic E-state index is -1.83. The first-order chi connectivity index (χ1) is 15.7. The molecular weight excluding hydrogens is 427 g/mol. The first kappa shape index (κ1) is 25.8. The van der Waals surface area contributed by atoms with E-state index in [2.05, 4.69) is 36.5 Å². The number of rotatable bonds is 7. The van der Waals surface area contributed by atoms with Crippen molar-refractivity contribution in [1.29, 1.82) is 0 Å². The van der Waals surface area contributed by atoms with E-state index in [4.69, 9.17) is 20.7 Å². The second-order valence-corrected chi connectivity index (χ2v) is 8.17. The van der Waals surface area contributed by atoms with Gasteiger partial charge in [-0.05, 0) is 54.0 Å². The van der Waals surface area contributed by atoms with Gasteiger partial charge < -0.3 is 21.3 Å². The van der Waals surface area contributed by atoms with Crippen molar-refractivity contribution in [2.45, 2.75) is 57.4 Å². The first-order valence-electron chi connectivity index (χ1n) is 11.1. The van der Waals surface area contributed by atoms with E-state index in [1.807, 2.05) is 0 Å². The number of primary amides is 1. The van der Waals surface area contributed by atoms with Crippen molar-refractivity contribution in [1.82, 2.24) is 5.32 Å². The molecule has 1 aliphatic rings. The molecule has 0 spiro atoms. The molecule has 0 aliphatic heterocycles. The standard InChI is InChI=1S/C24H29FN2O2.CH2O3/c1-2-5-16-8-10-17(11-9-16)20-6-3-4-7-21(20)24(29)27-22(23(26)28)18-12-14-19(25)15-13-18;2-1(3)4/h8-15,20-22H,2-7H2,1H3,(H2,26,28)(H,27,29);(H2,2,3,4)/t20-,21+,22?;/m0./s1. The molecule has 0 saturated heterocycles. The van der Waals surface area contributed by atoms with Gasteiger partial charge in [-0.2, -0.15) is 0 Å². The van der Waals surface area contributed by atoms with Crippen molar-refractivity contribution >= 4 is 18.0 Å². The summed E-state index contributed by atoms with van der Waals surface area (Å²) in [5, 5.41) is 16.8. The Morgan fingerprint density at radius 2 is 1.61 bits per heavy atom. The van der Waals surface area contributed by atoms with Crippen LogP contribution in [0.25, 0.3) is 0 Å². The Hall–Kier alpha value is -3.42. The fourth-order valence-corrected chi connectivity index (χ4v) is 4.29. The highest BCUT2D eigenvalue weighted by molar-refractivity contribution is 5.89. The number of benzene rings is 2. The normalized spacial score (nSPS) is 18.4. The zero-order valence-corrected chi connectivity index (χ0v) is 18.7. The molecule has 0 heterocycles. The van der Waals surface area contributed by atoms with E-state index in [1.165, 1.54) is 35.4 Å². The highest BCUT2D eigenvalue weighted by Gasteiger charge is 2.34. The maximum Gasteiger partial charge on any atom is 0.503 e. The molecule has 1 unspecified atom stereocenters. The van der Waals surface area contributed by atoms with Crippen molar-refractivity contribution < 1.29 is 29.0 Å². The van der Waals surface area contributed by atoms with Crippen LogP contribution in [-0.2, 0) is 16.0 Å². The van der Waals surface area contributed by atoms with E-state index in [0.717, 1.165) is 38.5 Å². The summed E-state index contributed by atoms with van der Waals surface area (Å²) in [5.74, 6) is -1.30. The van der Waals surface area contributed by atoms with E-state index in [0.29, 0.717) is 5.56 Å². The summed E-state index contributed by atoms with van der Waals surface area (Å²) in [4.78, 5) is 33.6. The average molecular weight is 459 g/mol. The van der Waals surface area contributed by atoms with Crippen molar-refractivity contribution in [3.8, 4) is 0 Å². The molecule has 1 saturated carbocycles. The molecule has 2 aromatic rings. The second kappa shape index (κ2) is 12.6. The Balaban J connectivity index is 0.000000890. The maximum atomic E-state index is 13.2. The third kappa shape index (κ3) is 7.89. The number of amides is 2. The summed E-state index contributed by atoms with van der Waals surface area (Å²) in [5.41, 5.74) is 8.49. The molecule has 3 rings (SSSR count). The lowest BCUT2D eigenvalue weighted by Gasteiger charge is -2.32. The van der Waals surface area contributed by atoms with Crippen molar-refractivity contribution in [3.63, 3.8) is 0 Å². The molecule has 33 heavy (non-hydrogen) atoms. The molecule has 3 atom stereocenters. The Bertz CT molecular complexity index is 927. The van der Waals surface area contributed by atoms with E-state index in [1.54, 1.807) is 0 Å². The van der Waals surface area contributed by atoms with Crippen LogP contribution < -0.4 is 11.1 Å². The van der Waals surface area contributed by atoms with Gasteiger partial charge in [-0.1, -0.05) is 62.6 Å². The first-order valence-corrected chi connectivity index (χ1v) is 11.1. The summed E-state index contributed by atoms with van der Waals surface area (Å²) in [6.07, 6.45) is 4.12. The van der Waals surface area contributed by atoms with Crippen LogP contribution >= 0.6 is 0 Å². The maximum absolute atomic E-state index is 13.2. The summed E-state index contributed by atoms with van der Waals surface area (Å²) < 4.78 is 13.2. The van der Waals surface area contributed by atoms with Gasteiger partial charge in [0.2, 0.25) is 11.8 Å². The summed E-state index contributed by atoms with van der Waals surface area (Å²) >= 11 is 0. The van der Waals surface area contributed by atoms with Gasteiger partial charge >= 0.3 is 6.16 Å². The molecule has 5 N–H and O–H groups in total. The molecule has 7 nitrogen and oxygen atoms in total. The van der Waals surface area contributed by atoms with Crippen molar-refractivity contribution in [2.24, 2.45) is 11.7 Å². The smallest absolute Gasteiger partial charge is 0.450 e. The quantitative estimate of drug-likeness (QED) is 0.481. The predicted octanol–water partition coefficient (Wildman–Crippen LogP) is 4.62. The zero-order chi connectivity index (χ0) is 24.4. The highest BCUT2D eigenvalue weighted by Crippen LogP contribution is 2.38. The Morgan fingerprint density at radius 1 is 1.03 bits per heavy atom. The zero-order valence-electron chi connectivity index (χ0n) is 18.7. The lowest BCUT2D eigenvalue weighted by molar-refractivity contribution is -0.131. The number of aryl methyl sites for hydroxylation is 1. The molecule has 178 valence electrons. The molecule has 8 heteroatoms. The molecule has 0 bridgehead atoms. The molecule has 0 aromatic heterocycles. The Labute approximate surface area is 192 Å². The number of carbonyl (C=O) groups excluding carboxylic acids is 2. The SMILES string of the molecule is CCCc1ccc([C@@H]2CCCC[C@H]2C(=O)NC(C(N)=O)c2ccc(F)cc2)cc1.O=C(O)O. The number of carboxylic acid groups (broad SMARTS) is 2. The Kier molecular flexibility index (Phi) is 9.84. The lowest BCUT2D eigenvalue weighted by Crippen LogP contribution is -2.42. The largest absolute Gasteiger partial charge is 0.503 e. The summed E-state index contributed by atoms with van der Waals surface area (Å²) in [7, 11) is 0. The van der Waals surface area contributed by atoms with Gasteiger partial charge in [0.05, 0.1) is 0 Å². The lowest BCUT2D eigenvalue weighted by atomic mass is 9.74. The third-order valence-corrected chi connectivity index (χ3v) is 5.82. The monoisotopic (exact) mass is 458 g/mol. The minimum absolute atomic E-state index is 0.126. The summed E-state index contributed by atoms with van der Waals surface area (Å²) in [6.45, 7) is 2.16. The molecule has 1 fully saturated rings. The van der Waals surface area contributed by atoms with E-state index < -0.39 is 23.9 Å². The van der Waals surface area contributed by atoms with Crippen LogP contribution in [0.2, 0.25) is 0 Å². The van der Waals surface area contributed by atoms with E-state index >= 15 is 0 Å². The van der Waals surface area contributed by atoms with Gasteiger partial charge in [0.15, 0.2) is 0 Å². The molecule has 0 radical (unpaired) electrons. The highest BCUT2D eigenvalue weighted by atomic mass is 19.1. The van der Waals surface area contributed by atoms with Gasteiger partial charge in [-0.25, -0.2) is 9.18 Å². The second-order valence-electron chi connectivity index (χ2n) is 8.17.